The summed E-state index contributed by atoms with van der Waals surface area (Å²) in [6.45, 7) is 9.19. The fourth-order valence-corrected chi connectivity index (χ4v) is 9.44. The minimum absolute atomic E-state index is 0.111. The average Bonchev–Trinajstić information content (AvgIpc) is 3.83. The van der Waals surface area contributed by atoms with Crippen molar-refractivity contribution in [2.75, 3.05) is 40.8 Å². The van der Waals surface area contributed by atoms with Crippen molar-refractivity contribution in [1.82, 2.24) is 19.5 Å². The molecule has 0 saturated carbocycles. The predicted octanol–water partition coefficient (Wildman–Crippen LogP) is 9.26. The van der Waals surface area contributed by atoms with E-state index in [2.05, 4.69) is 33.5 Å². The number of fused-ring (bicyclic) bond motifs is 2. The number of benzene rings is 2. The molecule has 0 aliphatic carbocycles. The second-order valence-electron chi connectivity index (χ2n) is 14.9. The Morgan fingerprint density at radius 1 is 1.02 bits per heavy atom. The van der Waals surface area contributed by atoms with E-state index in [1.807, 2.05) is 50.2 Å². The number of amides is 1. The van der Waals surface area contributed by atoms with Crippen LogP contribution in [-0.4, -0.2) is 103 Å². The van der Waals surface area contributed by atoms with Crippen LogP contribution in [0.2, 0.25) is 0 Å². The van der Waals surface area contributed by atoms with Gasteiger partial charge in [0, 0.05) is 60.2 Å². The number of pyridine rings is 1. The van der Waals surface area contributed by atoms with Crippen LogP contribution in [0.1, 0.15) is 98.9 Å². The number of nitrogens with two attached hydrogens (primary N) is 1. The molecule has 3 saturated heterocycles. The largest absolute Gasteiger partial charge is 0.468 e. The molecule has 0 bridgehead atoms. The molecule has 3 aliphatic heterocycles. The number of halogens is 2. The quantitative estimate of drug-likeness (QED) is 0.0787. The van der Waals surface area contributed by atoms with Crippen molar-refractivity contribution in [3.8, 4) is 5.75 Å². The zero-order valence-electron chi connectivity index (χ0n) is 35.8. The first-order valence-electron chi connectivity index (χ1n) is 20.5. The molecule has 2 aromatic carbocycles. The summed E-state index contributed by atoms with van der Waals surface area (Å²) in [7, 11) is 3.02. The number of para-hydroxylation sites is 1. The highest BCUT2D eigenvalue weighted by Gasteiger charge is 2.48. The Bertz CT molecular complexity index is 1870. The topological polar surface area (TPSA) is 135 Å². The van der Waals surface area contributed by atoms with Gasteiger partial charge in [-0.2, -0.15) is 8.78 Å². The normalized spacial score (nSPS) is 18.1. The van der Waals surface area contributed by atoms with Crippen LogP contribution < -0.4 is 10.3 Å². The van der Waals surface area contributed by atoms with Crippen molar-refractivity contribution in [2.45, 2.75) is 102 Å². The number of likely N-dealkylation sites (N-methyl/N-ethyl adjacent to an activating group) is 1. The molecule has 3 aliphatic rings. The SMILES string of the molecule is CC(C)N(C)P(Oc1ccccc1)C(F)(F)c1ccc2sc(C=O)cc2c1.CCCCOC=O.CN.CN1CC(c2cccnc2)C1.O=C[C@@H]1CCC2CCCCC(=O)N21. The zero-order valence-corrected chi connectivity index (χ0v) is 37.5. The molecule has 60 heavy (non-hydrogen) atoms. The summed E-state index contributed by atoms with van der Waals surface area (Å²) in [5, 5.41) is 0.640. The first-order chi connectivity index (χ1) is 28.9. The van der Waals surface area contributed by atoms with E-state index >= 15 is 8.78 Å². The van der Waals surface area contributed by atoms with Crippen LogP contribution in [0.25, 0.3) is 10.1 Å². The van der Waals surface area contributed by atoms with Gasteiger partial charge in [-0.15, -0.1) is 11.3 Å². The third-order valence-electron chi connectivity index (χ3n) is 10.3. The van der Waals surface area contributed by atoms with Crippen molar-refractivity contribution < 1.29 is 37.2 Å². The molecule has 328 valence electrons. The molecule has 7 rings (SSSR count). The van der Waals surface area contributed by atoms with Crippen LogP contribution in [-0.2, 0) is 24.8 Å². The lowest BCUT2D eigenvalue weighted by Crippen LogP contribution is -2.41. The van der Waals surface area contributed by atoms with Gasteiger partial charge in [-0.05, 0) is 114 Å². The highest BCUT2D eigenvalue weighted by molar-refractivity contribution is 7.51. The summed E-state index contributed by atoms with van der Waals surface area (Å²) in [4.78, 5) is 51.6. The van der Waals surface area contributed by atoms with Crippen molar-refractivity contribution in [3.05, 3.63) is 95.1 Å². The molecule has 4 aromatic rings. The summed E-state index contributed by atoms with van der Waals surface area (Å²) in [5.74, 6) is 1.33. The van der Waals surface area contributed by atoms with Crippen molar-refractivity contribution in [3.63, 3.8) is 0 Å². The predicted molar refractivity (Wildman–Crippen MR) is 238 cm³/mol. The number of ether oxygens (including phenoxy) is 1. The van der Waals surface area contributed by atoms with Gasteiger partial charge in [0.05, 0.1) is 17.5 Å². The molecule has 0 radical (unpaired) electrons. The number of carbonyl (C=O) groups excluding carboxylic acids is 4. The summed E-state index contributed by atoms with van der Waals surface area (Å²) in [5.41, 5.74) is 2.58. The fourth-order valence-electron chi connectivity index (χ4n) is 6.84. The van der Waals surface area contributed by atoms with Gasteiger partial charge in [-0.1, -0.05) is 50.1 Å². The minimum atomic E-state index is -3.19. The lowest BCUT2D eigenvalue weighted by atomic mass is 9.94. The van der Waals surface area contributed by atoms with Crippen LogP contribution in [0.3, 0.4) is 0 Å². The van der Waals surface area contributed by atoms with Crippen LogP contribution in [0.4, 0.5) is 8.78 Å². The Balaban J connectivity index is 0.000000241. The summed E-state index contributed by atoms with van der Waals surface area (Å²) < 4.78 is 43.6. The van der Waals surface area contributed by atoms with E-state index in [0.29, 0.717) is 41.6 Å². The number of alkyl halides is 2. The zero-order chi connectivity index (χ0) is 44.1. The fraction of sp³-hybridized carbons (Fsp3) is 0.489. The number of hydrogen-bond acceptors (Lipinski definition) is 11. The minimum Gasteiger partial charge on any atom is -0.468 e. The average molecular weight is 870 g/mol. The van der Waals surface area contributed by atoms with E-state index in [0.717, 1.165) is 68.1 Å². The molecular weight excluding hydrogens is 808 g/mol. The van der Waals surface area contributed by atoms with Gasteiger partial charge in [-0.3, -0.25) is 19.4 Å². The van der Waals surface area contributed by atoms with Gasteiger partial charge in [0.2, 0.25) is 14.2 Å². The molecule has 1 amide bonds. The molecule has 5 heterocycles. The number of aromatic nitrogens is 1. The van der Waals surface area contributed by atoms with Gasteiger partial charge in [0.1, 0.15) is 12.0 Å². The second kappa shape index (κ2) is 26.2. The maximum absolute atomic E-state index is 15.5. The molecule has 2 N–H and O–H groups in total. The van der Waals surface area contributed by atoms with E-state index in [9.17, 15) is 19.2 Å². The van der Waals surface area contributed by atoms with Crippen molar-refractivity contribution >= 4 is 54.7 Å². The third kappa shape index (κ3) is 14.8. The number of nitrogens with zero attached hydrogens (tertiary/aromatic N) is 4. The van der Waals surface area contributed by atoms with Gasteiger partial charge in [0.25, 0.3) is 6.47 Å². The Morgan fingerprint density at radius 3 is 2.35 bits per heavy atom. The third-order valence-corrected chi connectivity index (χ3v) is 13.5. The van der Waals surface area contributed by atoms with Crippen LogP contribution >= 0.6 is 19.6 Å². The van der Waals surface area contributed by atoms with Gasteiger partial charge >= 0.3 is 5.66 Å². The summed E-state index contributed by atoms with van der Waals surface area (Å²) in [6, 6.07) is 19.1. The van der Waals surface area contributed by atoms with E-state index in [1.165, 1.54) is 49.2 Å². The van der Waals surface area contributed by atoms with Crippen LogP contribution in [0.15, 0.2) is 79.1 Å². The monoisotopic (exact) mass is 869 g/mol. The molecule has 15 heteroatoms. The molecule has 2 aromatic heterocycles. The Kier molecular flexibility index (Phi) is 21.9. The van der Waals surface area contributed by atoms with Gasteiger partial charge in [-0.25, -0.2) is 4.67 Å². The number of hydrogen-bond donors (Lipinski definition) is 1. The smallest absolute Gasteiger partial charge is 0.339 e. The summed E-state index contributed by atoms with van der Waals surface area (Å²) >= 11 is 1.29. The number of likely N-dealkylation sites (tertiary alicyclic amines) is 1. The Morgan fingerprint density at radius 2 is 1.75 bits per heavy atom. The van der Waals surface area contributed by atoms with Crippen molar-refractivity contribution in [1.29, 1.82) is 0 Å². The lowest BCUT2D eigenvalue weighted by Gasteiger charge is -2.36. The Hall–Kier alpha value is -4.20. The molecule has 3 atom stereocenters. The van der Waals surface area contributed by atoms with E-state index in [4.69, 9.17) is 4.52 Å². The van der Waals surface area contributed by atoms with E-state index in [1.54, 1.807) is 48.1 Å². The van der Waals surface area contributed by atoms with E-state index < -0.39 is 14.0 Å². The molecular formula is C45H62F2N5O6PS. The second-order valence-corrected chi connectivity index (χ2v) is 17.9. The number of thiophene rings is 1. The summed E-state index contributed by atoms with van der Waals surface area (Å²) in [6.07, 6.45) is 13.3. The lowest BCUT2D eigenvalue weighted by molar-refractivity contribution is -0.136. The number of unbranched alkanes of at least 4 members (excludes halogenated alkanes) is 1. The van der Waals surface area contributed by atoms with Crippen molar-refractivity contribution in [2.24, 2.45) is 5.73 Å². The molecule has 0 spiro atoms. The highest BCUT2D eigenvalue weighted by Crippen LogP contribution is 2.61. The van der Waals surface area contributed by atoms with Crippen LogP contribution in [0.5, 0.6) is 5.75 Å². The van der Waals surface area contributed by atoms with Gasteiger partial charge < -0.3 is 29.6 Å². The number of carbonyl (C=O) groups is 4. The van der Waals surface area contributed by atoms with Gasteiger partial charge in [0.15, 0.2) is 6.29 Å². The maximum Gasteiger partial charge on any atom is 0.339 e. The highest BCUT2D eigenvalue weighted by atomic mass is 32.1. The standard InChI is InChI=1S/C20H20F2NO2PS.C10H15NO2.C9H12N2.C5H10O2.CH5N/c1-14(2)23(3)26(25-17-7-5-4-6-8-17)20(21,22)16-9-10-19-15(11-16)12-18(13-24)27-19;12-7-9-6-5-8-3-1-2-4-10(13)11(8)9;1-11-6-9(7-11)8-3-2-4-10-5-8;1-2-3-4-7-5-6;1-2/h4-14H,1-3H3;7-9H,1-6H2;2-5,9H,6-7H2,1H3;5H,2-4H2,1H3;2H2,1H3/t;8?,9-;;;/m.0.../s1. The maximum atomic E-state index is 15.5. The first kappa shape index (κ1) is 50.2. The molecule has 3 fully saturated rings. The molecule has 2 unspecified atom stereocenters. The molecule has 11 nitrogen and oxygen atoms in total. The first-order valence-corrected chi connectivity index (χ1v) is 22.6. The number of rotatable bonds is 13. The number of aldehydes is 2. The Labute approximate surface area is 359 Å². The van der Waals surface area contributed by atoms with Crippen LogP contribution in [0, 0.1) is 0 Å². The van der Waals surface area contributed by atoms with E-state index in [-0.39, 0.29) is 23.6 Å².